The summed E-state index contributed by atoms with van der Waals surface area (Å²) in [4.78, 5) is 4.96. The van der Waals surface area contributed by atoms with E-state index in [0.717, 1.165) is 57.7 Å². The van der Waals surface area contributed by atoms with Gasteiger partial charge < -0.3 is 4.90 Å². The van der Waals surface area contributed by atoms with Crippen LogP contribution in [0.1, 0.15) is 64.5 Å². The minimum absolute atomic E-state index is 0.102. The number of rotatable bonds is 9. The fraction of sp³-hybridized carbons (Fsp3) is 0.600. The van der Waals surface area contributed by atoms with Crippen LogP contribution in [0.25, 0.3) is 0 Å². The van der Waals surface area contributed by atoms with Crippen molar-refractivity contribution in [2.75, 3.05) is 39.3 Å². The molecule has 0 aliphatic carbocycles. The molecule has 0 N–H and O–H groups in total. The topological polar surface area (TPSA) is 6.48 Å². The molecule has 0 saturated carbocycles. The summed E-state index contributed by atoms with van der Waals surface area (Å²) >= 11 is 5.99. The molecule has 1 aliphatic rings. The monoisotopic (exact) mass is 472 g/mol. The van der Waals surface area contributed by atoms with Crippen LogP contribution in [-0.4, -0.2) is 49.1 Å². The van der Waals surface area contributed by atoms with Crippen LogP contribution in [-0.2, 0) is 5.66 Å². The Kier molecular flexibility index (Phi) is 13.1. The molecule has 2 rings (SSSR count). The van der Waals surface area contributed by atoms with Crippen molar-refractivity contribution in [1.29, 1.82) is 0 Å². The van der Waals surface area contributed by atoms with Gasteiger partial charge in [-0.05, 0) is 56.8 Å². The molecular weight excluding hydrogens is 433 g/mol. The first-order valence-electron chi connectivity index (χ1n) is 11.4. The van der Waals surface area contributed by atoms with Crippen molar-refractivity contribution >= 4 is 20.8 Å². The molecule has 0 amide bonds. The van der Waals surface area contributed by atoms with Crippen LogP contribution in [0.3, 0.4) is 0 Å². The average molecular weight is 473 g/mol. The lowest BCUT2D eigenvalue weighted by Crippen LogP contribution is -2.46. The first-order chi connectivity index (χ1) is 14.7. The van der Waals surface area contributed by atoms with Gasteiger partial charge in [0.25, 0.3) is 5.66 Å². The second-order valence-corrected chi connectivity index (χ2v) is 8.97. The van der Waals surface area contributed by atoms with Crippen LogP contribution < -0.4 is 0 Å². The van der Waals surface area contributed by atoms with Crippen molar-refractivity contribution in [3.05, 3.63) is 58.1 Å². The van der Waals surface area contributed by atoms with Gasteiger partial charge in [-0.15, -0.1) is 0 Å². The lowest BCUT2D eigenvalue weighted by Gasteiger charge is -2.35. The number of hydrogen-bond donors (Lipinski definition) is 0. The number of nitrogens with zero attached hydrogens (tertiary/aromatic N) is 2. The van der Waals surface area contributed by atoms with Gasteiger partial charge in [0.15, 0.2) is 0 Å². The Balaban J connectivity index is 0.00000233. The molecule has 0 radical (unpaired) electrons. The molecule has 0 aromatic heterocycles. The number of piperazine rings is 1. The molecule has 1 aromatic carbocycles. The van der Waals surface area contributed by atoms with E-state index >= 15 is 0 Å². The minimum Gasteiger partial charge on any atom is -0.301 e. The zero-order valence-electron chi connectivity index (χ0n) is 19.8. The second-order valence-electron chi connectivity index (χ2n) is 7.83. The number of halogens is 3. The zero-order chi connectivity index (χ0) is 23.4. The van der Waals surface area contributed by atoms with Crippen LogP contribution in [0.15, 0.2) is 42.0 Å². The van der Waals surface area contributed by atoms with Crippen LogP contribution in [0, 0.1) is 0 Å². The van der Waals surface area contributed by atoms with Crippen LogP contribution in [0.5, 0.6) is 0 Å². The van der Waals surface area contributed by atoms with E-state index in [1.807, 2.05) is 19.9 Å². The fourth-order valence-electron chi connectivity index (χ4n) is 3.68. The minimum atomic E-state index is -3.00. The van der Waals surface area contributed by atoms with Crippen molar-refractivity contribution in [3.63, 3.8) is 0 Å². The van der Waals surface area contributed by atoms with E-state index in [9.17, 15) is 8.78 Å². The van der Waals surface area contributed by atoms with E-state index in [2.05, 4.69) is 48.8 Å². The van der Waals surface area contributed by atoms with Gasteiger partial charge in [0.1, 0.15) is 0 Å². The highest BCUT2D eigenvalue weighted by atomic mass is 35.5. The van der Waals surface area contributed by atoms with E-state index in [1.54, 1.807) is 21.4 Å². The molecule has 1 aliphatic heterocycles. The third-order valence-electron chi connectivity index (χ3n) is 5.77. The summed E-state index contributed by atoms with van der Waals surface area (Å²) < 4.78 is 27.6. The van der Waals surface area contributed by atoms with Crippen LogP contribution >= 0.6 is 20.8 Å². The Bertz CT molecular complexity index is 708. The van der Waals surface area contributed by atoms with Crippen molar-refractivity contribution in [3.8, 4) is 0 Å². The highest BCUT2D eigenvalue weighted by Gasteiger charge is 2.28. The Labute approximate surface area is 195 Å². The van der Waals surface area contributed by atoms with E-state index in [-0.39, 0.29) is 16.5 Å². The van der Waals surface area contributed by atoms with Gasteiger partial charge in [-0.25, -0.2) is 0 Å². The average Bonchev–Trinajstić information content (AvgIpc) is 2.76. The van der Waals surface area contributed by atoms with Gasteiger partial charge in [0.05, 0.1) is 5.02 Å². The highest BCUT2D eigenvalue weighted by Crippen LogP contribution is 2.40. The summed E-state index contributed by atoms with van der Waals surface area (Å²) in [5, 5.41) is 0.124. The molecule has 31 heavy (non-hydrogen) atoms. The maximum atomic E-state index is 13.8. The smallest absolute Gasteiger partial charge is 0.285 e. The Hall–Kier alpha value is -0.800. The maximum Gasteiger partial charge on any atom is 0.285 e. The molecule has 0 spiro atoms. The van der Waals surface area contributed by atoms with Crippen LogP contribution in [0.2, 0.25) is 5.02 Å². The van der Waals surface area contributed by atoms with E-state index in [4.69, 9.17) is 11.6 Å². The first-order valence-corrected chi connectivity index (χ1v) is 12.4. The summed E-state index contributed by atoms with van der Waals surface area (Å²) in [5.74, 6) is 0.267. The summed E-state index contributed by atoms with van der Waals surface area (Å²) in [6.45, 7) is 16.5. The number of benzene rings is 1. The molecule has 176 valence electrons. The highest BCUT2D eigenvalue weighted by molar-refractivity contribution is 7.17. The van der Waals surface area contributed by atoms with E-state index in [1.165, 1.54) is 5.57 Å². The van der Waals surface area contributed by atoms with Crippen LogP contribution in [0.4, 0.5) is 8.78 Å². The molecule has 1 saturated heterocycles. The molecule has 1 fully saturated rings. The number of allylic oxidation sites excluding steroid dienone is 3. The zero-order valence-corrected chi connectivity index (χ0v) is 21.7. The van der Waals surface area contributed by atoms with Crippen molar-refractivity contribution in [2.45, 2.75) is 59.0 Å². The van der Waals surface area contributed by atoms with Gasteiger partial charge in [-0.1, -0.05) is 71.5 Å². The Morgan fingerprint density at radius 2 is 1.81 bits per heavy atom. The van der Waals surface area contributed by atoms with Gasteiger partial charge in [-0.3, -0.25) is 4.90 Å². The normalized spacial score (nSPS) is 17.5. The first kappa shape index (κ1) is 28.2. The largest absolute Gasteiger partial charge is 0.301 e. The molecular formula is C25H40ClF2N2P. The SMILES string of the molecule is C/C=C(C)\C=C/CN1CCN(CCC(CC)c2ccc(Cl)c(C(F)(F)P)c2)CC1.CC. The van der Waals surface area contributed by atoms with Gasteiger partial charge in [0, 0.05) is 38.3 Å². The predicted molar refractivity (Wildman–Crippen MR) is 136 cm³/mol. The summed E-state index contributed by atoms with van der Waals surface area (Å²) in [7, 11) is 1.59. The lowest BCUT2D eigenvalue weighted by molar-refractivity contribution is 0.104. The molecule has 1 aromatic rings. The number of alkyl halides is 2. The summed E-state index contributed by atoms with van der Waals surface area (Å²) in [5.41, 5.74) is -0.854. The molecule has 2 unspecified atom stereocenters. The molecule has 0 bridgehead atoms. The maximum absolute atomic E-state index is 13.8. The van der Waals surface area contributed by atoms with Crippen molar-refractivity contribution in [1.82, 2.24) is 9.80 Å². The van der Waals surface area contributed by atoms with Gasteiger partial charge >= 0.3 is 0 Å². The lowest BCUT2D eigenvalue weighted by atomic mass is 9.91. The van der Waals surface area contributed by atoms with E-state index in [0.29, 0.717) is 0 Å². The van der Waals surface area contributed by atoms with Crippen molar-refractivity contribution < 1.29 is 8.78 Å². The quantitative estimate of drug-likeness (QED) is 0.274. The standard InChI is InChI=1S/C23H34ClF2N2P.C2H6/c1-4-18(3)7-6-11-27-13-15-28(16-14-27)12-10-19(5-2)20-8-9-22(24)21(17-20)23(25,26)29;1-2/h4,6-9,17,19H,5,10-16,29H2,1-3H3;1-2H3/b7-6-,18-4-;. The number of hydrogen-bond acceptors (Lipinski definition) is 2. The Morgan fingerprint density at radius 3 is 2.35 bits per heavy atom. The van der Waals surface area contributed by atoms with Crippen molar-refractivity contribution in [2.24, 2.45) is 0 Å². The predicted octanol–water partition coefficient (Wildman–Crippen LogP) is 7.31. The van der Waals surface area contributed by atoms with Gasteiger partial charge in [-0.2, -0.15) is 8.78 Å². The summed E-state index contributed by atoms with van der Waals surface area (Å²) in [6, 6.07) is 5.09. The molecule has 6 heteroatoms. The fourth-order valence-corrected chi connectivity index (χ4v) is 4.25. The van der Waals surface area contributed by atoms with E-state index < -0.39 is 5.66 Å². The molecule has 2 atom stereocenters. The second kappa shape index (κ2) is 14.4. The Morgan fingerprint density at radius 1 is 1.19 bits per heavy atom. The third kappa shape index (κ3) is 9.70. The molecule has 1 heterocycles. The molecule has 2 nitrogen and oxygen atoms in total. The summed E-state index contributed by atoms with van der Waals surface area (Å²) in [6.07, 6.45) is 8.43. The third-order valence-corrected chi connectivity index (χ3v) is 6.41. The van der Waals surface area contributed by atoms with Gasteiger partial charge in [0.2, 0.25) is 0 Å².